The number of rotatable bonds is 1. The lowest BCUT2D eigenvalue weighted by molar-refractivity contribution is -0.384. The Morgan fingerprint density at radius 1 is 1.25 bits per heavy atom. The number of alkyl halides is 3. The van der Waals surface area contributed by atoms with Gasteiger partial charge >= 0.3 is 12.1 Å². The van der Waals surface area contributed by atoms with Crippen molar-refractivity contribution in [3.8, 4) is 0 Å². The molecule has 0 fully saturated rings. The number of non-ortho nitro benzene ring substituents is 1. The van der Waals surface area contributed by atoms with Crippen LogP contribution < -0.4 is 0 Å². The lowest BCUT2D eigenvalue weighted by Gasteiger charge is -1.93. The van der Waals surface area contributed by atoms with Crippen LogP contribution in [0.4, 0.5) is 18.9 Å². The van der Waals surface area contributed by atoms with E-state index >= 15 is 0 Å². The van der Waals surface area contributed by atoms with Gasteiger partial charge in [-0.3, -0.25) is 10.1 Å². The van der Waals surface area contributed by atoms with Crippen LogP contribution in [0.2, 0.25) is 0 Å². The monoisotopic (exact) mass is 237 g/mol. The van der Waals surface area contributed by atoms with Crippen LogP contribution in [-0.2, 0) is 4.79 Å². The summed E-state index contributed by atoms with van der Waals surface area (Å²) < 4.78 is 31.7. The summed E-state index contributed by atoms with van der Waals surface area (Å²) in [4.78, 5) is 18.5. The summed E-state index contributed by atoms with van der Waals surface area (Å²) in [5, 5.41) is 17.1. The van der Waals surface area contributed by atoms with Crippen LogP contribution in [-0.4, -0.2) is 22.2 Å². The average molecular weight is 237 g/mol. The van der Waals surface area contributed by atoms with E-state index in [-0.39, 0.29) is 5.69 Å². The maximum Gasteiger partial charge on any atom is 0.490 e. The molecule has 1 aromatic rings. The van der Waals surface area contributed by atoms with Crippen LogP contribution >= 0.6 is 0 Å². The fourth-order valence-electron chi connectivity index (χ4n) is 0.550. The van der Waals surface area contributed by atoms with Gasteiger partial charge in [-0.2, -0.15) is 13.2 Å². The Labute approximate surface area is 87.3 Å². The first-order valence-corrected chi connectivity index (χ1v) is 3.74. The number of nitrogens with zero attached hydrogens (tertiary/aromatic N) is 1. The molecule has 1 aromatic carbocycles. The SMILES string of the molecule is O=C(O)C(F)(F)F.O=[N+]([O-])c1ccccc1. The Morgan fingerprint density at radius 2 is 1.62 bits per heavy atom. The molecule has 0 unspecified atom stereocenters. The molecule has 0 aliphatic carbocycles. The first-order chi connectivity index (χ1) is 7.25. The fourth-order valence-corrected chi connectivity index (χ4v) is 0.550. The topological polar surface area (TPSA) is 80.4 Å². The standard InChI is InChI=1S/C6H5NO2.C2HF3O2/c8-7(9)6-4-2-1-3-5-6;3-2(4,5)1(6)7/h1-5H;(H,6,7). The van der Waals surface area contributed by atoms with Gasteiger partial charge < -0.3 is 5.11 Å². The summed E-state index contributed by atoms with van der Waals surface area (Å²) in [6.45, 7) is 0. The fraction of sp³-hybridized carbons (Fsp3) is 0.125. The molecular weight excluding hydrogens is 231 g/mol. The Balaban J connectivity index is 0.000000293. The third-order valence-electron chi connectivity index (χ3n) is 1.21. The van der Waals surface area contributed by atoms with Gasteiger partial charge in [0.05, 0.1) is 4.92 Å². The number of benzene rings is 1. The van der Waals surface area contributed by atoms with E-state index in [2.05, 4.69) is 0 Å². The van der Waals surface area contributed by atoms with Crippen molar-refractivity contribution < 1.29 is 28.0 Å². The lowest BCUT2D eigenvalue weighted by atomic mass is 10.3. The molecule has 5 nitrogen and oxygen atoms in total. The summed E-state index contributed by atoms with van der Waals surface area (Å²) in [6, 6.07) is 7.93. The van der Waals surface area contributed by atoms with E-state index in [4.69, 9.17) is 9.90 Å². The number of hydrogen-bond acceptors (Lipinski definition) is 3. The summed E-state index contributed by atoms with van der Waals surface area (Å²) in [6.07, 6.45) is -5.08. The molecule has 0 aliphatic heterocycles. The number of halogens is 3. The second-order valence-electron chi connectivity index (χ2n) is 2.40. The van der Waals surface area contributed by atoms with Gasteiger partial charge in [-0.25, -0.2) is 4.79 Å². The van der Waals surface area contributed by atoms with Crippen LogP contribution in [0.5, 0.6) is 0 Å². The van der Waals surface area contributed by atoms with Crippen molar-refractivity contribution in [1.82, 2.24) is 0 Å². The van der Waals surface area contributed by atoms with Crippen LogP contribution in [0.3, 0.4) is 0 Å². The first-order valence-electron chi connectivity index (χ1n) is 3.74. The molecule has 1 N–H and O–H groups in total. The number of nitro benzene ring substituents is 1. The highest BCUT2D eigenvalue weighted by Crippen LogP contribution is 2.13. The molecule has 8 heteroatoms. The molecule has 0 bridgehead atoms. The van der Waals surface area contributed by atoms with Gasteiger partial charge in [0, 0.05) is 12.1 Å². The van der Waals surface area contributed by atoms with Crippen molar-refractivity contribution in [2.75, 3.05) is 0 Å². The molecular formula is C8H6F3NO4. The zero-order chi connectivity index (χ0) is 12.8. The molecule has 16 heavy (non-hydrogen) atoms. The van der Waals surface area contributed by atoms with Crippen molar-refractivity contribution in [1.29, 1.82) is 0 Å². The first kappa shape index (κ1) is 13.9. The Kier molecular flexibility index (Phi) is 4.93. The molecule has 0 spiro atoms. The minimum atomic E-state index is -5.08. The largest absolute Gasteiger partial charge is 0.490 e. The van der Waals surface area contributed by atoms with Gasteiger partial charge in [-0.05, 0) is 0 Å². The van der Waals surface area contributed by atoms with E-state index in [9.17, 15) is 23.3 Å². The Hall–Kier alpha value is -2.12. The number of nitro groups is 1. The molecule has 1 rings (SSSR count). The van der Waals surface area contributed by atoms with E-state index in [1.54, 1.807) is 18.2 Å². The highest BCUT2D eigenvalue weighted by molar-refractivity contribution is 5.73. The number of aliphatic carboxylic acids is 1. The predicted octanol–water partition coefficient (Wildman–Crippen LogP) is 2.23. The summed E-state index contributed by atoms with van der Waals surface area (Å²) in [7, 11) is 0. The zero-order valence-electron chi connectivity index (χ0n) is 7.64. The van der Waals surface area contributed by atoms with Gasteiger partial charge in [-0.1, -0.05) is 18.2 Å². The van der Waals surface area contributed by atoms with Gasteiger partial charge in [0.25, 0.3) is 5.69 Å². The molecule has 0 amide bonds. The molecule has 0 saturated carbocycles. The van der Waals surface area contributed by atoms with E-state index < -0.39 is 17.1 Å². The van der Waals surface area contributed by atoms with Crippen molar-refractivity contribution >= 4 is 11.7 Å². The maximum absolute atomic E-state index is 10.6. The number of carboxylic acid groups (broad SMARTS) is 1. The second kappa shape index (κ2) is 5.69. The van der Waals surface area contributed by atoms with Gasteiger partial charge in [0.2, 0.25) is 0 Å². The second-order valence-corrected chi connectivity index (χ2v) is 2.40. The summed E-state index contributed by atoms with van der Waals surface area (Å²) in [5.74, 6) is -2.76. The predicted molar refractivity (Wildman–Crippen MR) is 46.8 cm³/mol. The molecule has 0 aromatic heterocycles. The van der Waals surface area contributed by atoms with E-state index in [0.717, 1.165) is 0 Å². The van der Waals surface area contributed by atoms with Crippen molar-refractivity contribution in [2.45, 2.75) is 6.18 Å². The van der Waals surface area contributed by atoms with Crippen molar-refractivity contribution in [2.24, 2.45) is 0 Å². The van der Waals surface area contributed by atoms with E-state index in [1.165, 1.54) is 12.1 Å². The van der Waals surface area contributed by atoms with Gasteiger partial charge in [0.15, 0.2) is 0 Å². The van der Waals surface area contributed by atoms with Crippen LogP contribution in [0.25, 0.3) is 0 Å². The molecule has 88 valence electrons. The van der Waals surface area contributed by atoms with Gasteiger partial charge in [-0.15, -0.1) is 0 Å². The minimum absolute atomic E-state index is 0.137. The normalized spacial score (nSPS) is 9.94. The minimum Gasteiger partial charge on any atom is -0.475 e. The highest BCUT2D eigenvalue weighted by atomic mass is 19.4. The maximum atomic E-state index is 10.6. The number of carboxylic acids is 1. The highest BCUT2D eigenvalue weighted by Gasteiger charge is 2.38. The third-order valence-corrected chi connectivity index (χ3v) is 1.21. The van der Waals surface area contributed by atoms with E-state index in [0.29, 0.717) is 0 Å². The van der Waals surface area contributed by atoms with Crippen LogP contribution in [0.1, 0.15) is 0 Å². The smallest absolute Gasteiger partial charge is 0.475 e. The summed E-state index contributed by atoms with van der Waals surface area (Å²) in [5.41, 5.74) is 0.137. The molecule has 0 saturated heterocycles. The Morgan fingerprint density at radius 3 is 1.81 bits per heavy atom. The third kappa shape index (κ3) is 5.58. The Bertz CT molecular complexity index is 363. The molecule has 0 aliphatic rings. The van der Waals surface area contributed by atoms with Crippen molar-refractivity contribution in [3.05, 3.63) is 40.4 Å². The molecule has 0 heterocycles. The van der Waals surface area contributed by atoms with Gasteiger partial charge in [0.1, 0.15) is 0 Å². The quantitative estimate of drug-likeness (QED) is 0.599. The number of para-hydroxylation sites is 1. The summed E-state index contributed by atoms with van der Waals surface area (Å²) >= 11 is 0. The van der Waals surface area contributed by atoms with Crippen LogP contribution in [0.15, 0.2) is 30.3 Å². The molecule has 0 atom stereocenters. The zero-order valence-corrected chi connectivity index (χ0v) is 7.64. The van der Waals surface area contributed by atoms with E-state index in [1.807, 2.05) is 0 Å². The lowest BCUT2D eigenvalue weighted by Crippen LogP contribution is -2.21. The van der Waals surface area contributed by atoms with Crippen molar-refractivity contribution in [3.63, 3.8) is 0 Å². The molecule has 0 radical (unpaired) electrons. The van der Waals surface area contributed by atoms with Crippen LogP contribution in [0, 0.1) is 10.1 Å². The number of carbonyl (C=O) groups is 1. The number of hydrogen-bond donors (Lipinski definition) is 1. The average Bonchev–Trinajstić information content (AvgIpc) is 2.18.